The molecule has 0 radical (unpaired) electrons. The highest BCUT2D eigenvalue weighted by molar-refractivity contribution is 7.09. The summed E-state index contributed by atoms with van der Waals surface area (Å²) in [5.74, 6) is 0. The second kappa shape index (κ2) is 5.56. The fourth-order valence-electron chi connectivity index (χ4n) is 2.01. The lowest BCUT2D eigenvalue weighted by Gasteiger charge is -2.05. The minimum absolute atomic E-state index is 0.504. The van der Waals surface area contributed by atoms with Crippen molar-refractivity contribution in [2.24, 2.45) is 0 Å². The summed E-state index contributed by atoms with van der Waals surface area (Å²) in [4.78, 5) is 4.37. The summed E-state index contributed by atoms with van der Waals surface area (Å²) in [5, 5.41) is 17.6. The van der Waals surface area contributed by atoms with E-state index in [1.807, 2.05) is 54.9 Å². The minimum Gasteiger partial charge on any atom is -0.386 e. The number of aryl methyl sites for hydroxylation is 1. The van der Waals surface area contributed by atoms with Crippen molar-refractivity contribution in [1.29, 1.82) is 0 Å². The second-order valence-corrected chi connectivity index (χ2v) is 5.57. The van der Waals surface area contributed by atoms with Gasteiger partial charge >= 0.3 is 0 Å². The Kier molecular flexibility index (Phi) is 3.62. The van der Waals surface area contributed by atoms with Crippen molar-refractivity contribution in [3.63, 3.8) is 0 Å². The highest BCUT2D eigenvalue weighted by Gasteiger charge is 2.14. The molecule has 0 fully saturated rings. The maximum absolute atomic E-state index is 10.2. The molecular formula is C15H15N3OS. The average Bonchev–Trinajstić information content (AvgIpc) is 3.09. The summed E-state index contributed by atoms with van der Waals surface area (Å²) >= 11 is 1.57. The highest BCUT2D eigenvalue weighted by Crippen LogP contribution is 2.20. The Labute approximate surface area is 121 Å². The molecule has 0 bridgehead atoms. The van der Waals surface area contributed by atoms with E-state index < -0.39 is 6.10 Å². The van der Waals surface area contributed by atoms with Gasteiger partial charge in [0.1, 0.15) is 6.10 Å². The molecule has 4 nitrogen and oxygen atoms in total. The number of aliphatic hydroxyl groups excluding tert-OH is 1. The molecule has 2 aromatic heterocycles. The Hall–Kier alpha value is -1.98. The number of nitrogens with zero attached hydrogens (tertiary/aromatic N) is 3. The van der Waals surface area contributed by atoms with Crippen LogP contribution in [0.5, 0.6) is 0 Å². The first-order chi connectivity index (χ1) is 9.72. The molecule has 3 rings (SSSR count). The molecule has 0 spiro atoms. The van der Waals surface area contributed by atoms with Crippen molar-refractivity contribution in [3.8, 4) is 5.69 Å². The summed E-state index contributed by atoms with van der Waals surface area (Å²) in [6.45, 7) is 1.95. The van der Waals surface area contributed by atoms with Crippen LogP contribution >= 0.6 is 11.3 Å². The first kappa shape index (κ1) is 13.0. The number of hydrogen-bond acceptors (Lipinski definition) is 4. The van der Waals surface area contributed by atoms with Crippen molar-refractivity contribution in [2.75, 3.05) is 0 Å². The zero-order valence-corrected chi connectivity index (χ0v) is 11.9. The topological polar surface area (TPSA) is 50.9 Å². The van der Waals surface area contributed by atoms with E-state index in [4.69, 9.17) is 0 Å². The monoisotopic (exact) mass is 285 g/mol. The first-order valence-corrected chi connectivity index (χ1v) is 7.30. The lowest BCUT2D eigenvalue weighted by Crippen LogP contribution is -2.04. The van der Waals surface area contributed by atoms with Crippen molar-refractivity contribution < 1.29 is 5.11 Å². The van der Waals surface area contributed by atoms with Crippen molar-refractivity contribution in [1.82, 2.24) is 14.8 Å². The van der Waals surface area contributed by atoms with Gasteiger partial charge in [-0.3, -0.25) is 0 Å². The van der Waals surface area contributed by atoms with Crippen molar-refractivity contribution >= 4 is 11.3 Å². The zero-order chi connectivity index (χ0) is 13.9. The molecule has 0 aliphatic heterocycles. The Morgan fingerprint density at radius 1 is 1.25 bits per heavy atom. The summed E-state index contributed by atoms with van der Waals surface area (Å²) in [6.07, 6.45) is 1.75. The van der Waals surface area contributed by atoms with E-state index in [0.717, 1.165) is 16.4 Å². The molecule has 0 aliphatic rings. The Morgan fingerprint density at radius 3 is 2.75 bits per heavy atom. The van der Waals surface area contributed by atoms with Crippen LogP contribution in [-0.4, -0.2) is 19.9 Å². The van der Waals surface area contributed by atoms with Gasteiger partial charge in [0.15, 0.2) is 0 Å². The zero-order valence-electron chi connectivity index (χ0n) is 11.1. The molecule has 1 N–H and O–H groups in total. The van der Waals surface area contributed by atoms with Crippen LogP contribution in [0.15, 0.2) is 48.0 Å². The number of benzene rings is 1. The summed E-state index contributed by atoms with van der Waals surface area (Å²) in [7, 11) is 0. The molecule has 0 saturated heterocycles. The first-order valence-electron chi connectivity index (χ1n) is 6.42. The van der Waals surface area contributed by atoms with Gasteiger partial charge in [0.25, 0.3) is 0 Å². The molecule has 1 unspecified atom stereocenters. The van der Waals surface area contributed by atoms with Gasteiger partial charge in [-0.05, 0) is 25.1 Å². The molecule has 0 amide bonds. The van der Waals surface area contributed by atoms with Gasteiger partial charge < -0.3 is 5.11 Å². The second-order valence-electron chi connectivity index (χ2n) is 4.62. The van der Waals surface area contributed by atoms with E-state index in [0.29, 0.717) is 12.1 Å². The largest absolute Gasteiger partial charge is 0.386 e. The molecule has 102 valence electrons. The van der Waals surface area contributed by atoms with Gasteiger partial charge in [0.2, 0.25) is 0 Å². The molecular weight excluding hydrogens is 270 g/mol. The molecule has 0 aliphatic carbocycles. The van der Waals surface area contributed by atoms with Crippen LogP contribution < -0.4 is 0 Å². The van der Waals surface area contributed by atoms with Gasteiger partial charge in [-0.25, -0.2) is 9.67 Å². The van der Waals surface area contributed by atoms with Gasteiger partial charge in [-0.15, -0.1) is 11.3 Å². The minimum atomic E-state index is -0.620. The van der Waals surface area contributed by atoms with Crippen LogP contribution in [0.1, 0.15) is 22.5 Å². The van der Waals surface area contributed by atoms with E-state index in [2.05, 4.69) is 10.1 Å². The van der Waals surface area contributed by atoms with E-state index in [-0.39, 0.29) is 0 Å². The summed E-state index contributed by atoms with van der Waals surface area (Å²) in [5.41, 5.74) is 2.64. The van der Waals surface area contributed by atoms with Gasteiger partial charge in [0, 0.05) is 23.7 Å². The summed E-state index contributed by atoms with van der Waals surface area (Å²) < 4.78 is 1.77. The maximum atomic E-state index is 10.2. The lowest BCUT2D eigenvalue weighted by atomic mass is 10.2. The van der Waals surface area contributed by atoms with E-state index in [1.165, 1.54) is 0 Å². The van der Waals surface area contributed by atoms with E-state index in [9.17, 15) is 5.11 Å². The number of rotatable bonds is 4. The van der Waals surface area contributed by atoms with Crippen molar-refractivity contribution in [3.05, 3.63) is 64.4 Å². The van der Waals surface area contributed by atoms with Crippen molar-refractivity contribution in [2.45, 2.75) is 19.4 Å². The fourth-order valence-corrected chi connectivity index (χ4v) is 2.82. The Morgan fingerprint density at radius 2 is 2.05 bits per heavy atom. The van der Waals surface area contributed by atoms with Crippen LogP contribution in [0.2, 0.25) is 0 Å². The predicted octanol–water partition coefficient (Wildman–Crippen LogP) is 2.91. The van der Waals surface area contributed by atoms with E-state index >= 15 is 0 Å². The van der Waals surface area contributed by atoms with Crippen LogP contribution in [-0.2, 0) is 6.42 Å². The normalized spacial score (nSPS) is 12.5. The summed E-state index contributed by atoms with van der Waals surface area (Å²) in [6, 6.07) is 11.7. The smallest absolute Gasteiger partial charge is 0.104 e. The molecule has 2 heterocycles. The maximum Gasteiger partial charge on any atom is 0.104 e. The van der Waals surface area contributed by atoms with Crippen LogP contribution in [0, 0.1) is 6.92 Å². The number of hydrogen-bond donors (Lipinski definition) is 1. The number of thiazole rings is 1. The van der Waals surface area contributed by atoms with Gasteiger partial charge in [-0.2, -0.15) is 5.10 Å². The number of aliphatic hydroxyl groups is 1. The van der Waals surface area contributed by atoms with E-state index in [1.54, 1.807) is 16.0 Å². The number of aromatic nitrogens is 3. The number of para-hydroxylation sites is 1. The van der Waals surface area contributed by atoms with Crippen LogP contribution in [0.25, 0.3) is 5.69 Å². The molecule has 1 aromatic carbocycles. The Bertz CT molecular complexity index is 690. The lowest BCUT2D eigenvalue weighted by molar-refractivity contribution is 0.173. The molecule has 20 heavy (non-hydrogen) atoms. The quantitative estimate of drug-likeness (QED) is 0.802. The third-order valence-corrected chi connectivity index (χ3v) is 4.00. The van der Waals surface area contributed by atoms with Gasteiger partial charge in [0.05, 0.1) is 16.4 Å². The molecule has 1 atom stereocenters. The standard InChI is InChI=1S/C15H15N3OS/c1-11-10-20-15(16-11)9-14(19)13-7-8-18(17-13)12-5-3-2-4-6-12/h2-8,10,14,19H,9H2,1H3. The third kappa shape index (κ3) is 2.79. The molecule has 3 aromatic rings. The van der Waals surface area contributed by atoms with Crippen LogP contribution in [0.3, 0.4) is 0 Å². The Balaban J connectivity index is 1.76. The highest BCUT2D eigenvalue weighted by atomic mass is 32.1. The van der Waals surface area contributed by atoms with Crippen LogP contribution in [0.4, 0.5) is 0 Å². The molecule has 5 heteroatoms. The van der Waals surface area contributed by atoms with Gasteiger partial charge in [-0.1, -0.05) is 18.2 Å². The SMILES string of the molecule is Cc1csc(CC(O)c2ccn(-c3ccccc3)n2)n1. The molecule has 0 saturated carbocycles. The third-order valence-electron chi connectivity index (χ3n) is 3.01. The fraction of sp³-hybridized carbons (Fsp3) is 0.200. The average molecular weight is 285 g/mol. The predicted molar refractivity (Wildman–Crippen MR) is 79.1 cm³/mol.